The molecule has 0 radical (unpaired) electrons. The standard InChI is InChI=1S/C19H18ClF3N2O4/c1-11(13-2-4-14(5-3-13)29-19(21,22)23)25-18(26)24-10-12-8-15(20)17-16(9-12)27-6-7-28-17/h2-5,8-9,11H,6-7,10H2,1H3,(H2,24,25,26). The number of amides is 2. The van der Waals surface area contributed by atoms with Crippen LogP contribution in [0.25, 0.3) is 0 Å². The fourth-order valence-corrected chi connectivity index (χ4v) is 3.03. The Hall–Kier alpha value is -2.81. The molecule has 1 atom stereocenters. The van der Waals surface area contributed by atoms with Crippen LogP contribution in [0.5, 0.6) is 17.2 Å². The Labute approximate surface area is 169 Å². The quantitative estimate of drug-likeness (QED) is 0.729. The van der Waals surface area contributed by atoms with Crippen molar-refractivity contribution in [3.05, 3.63) is 52.5 Å². The Morgan fingerprint density at radius 3 is 2.59 bits per heavy atom. The molecule has 2 aromatic rings. The first-order chi connectivity index (χ1) is 13.7. The molecule has 0 spiro atoms. The van der Waals surface area contributed by atoms with Gasteiger partial charge in [-0.1, -0.05) is 23.7 Å². The van der Waals surface area contributed by atoms with Crippen molar-refractivity contribution in [3.8, 4) is 17.2 Å². The third kappa shape index (κ3) is 5.83. The van der Waals surface area contributed by atoms with Gasteiger partial charge in [0.2, 0.25) is 0 Å². The summed E-state index contributed by atoms with van der Waals surface area (Å²) in [4.78, 5) is 12.1. The third-order valence-corrected chi connectivity index (χ3v) is 4.35. The van der Waals surface area contributed by atoms with Crippen molar-refractivity contribution in [1.82, 2.24) is 10.6 Å². The minimum Gasteiger partial charge on any atom is -0.486 e. The molecule has 29 heavy (non-hydrogen) atoms. The van der Waals surface area contributed by atoms with Crippen LogP contribution in [0.2, 0.25) is 5.02 Å². The molecule has 1 unspecified atom stereocenters. The van der Waals surface area contributed by atoms with Crippen molar-refractivity contribution in [2.24, 2.45) is 0 Å². The summed E-state index contributed by atoms with van der Waals surface area (Å²) in [6, 6.07) is 7.82. The molecule has 2 N–H and O–H groups in total. The van der Waals surface area contributed by atoms with Gasteiger partial charge in [-0.3, -0.25) is 0 Å². The second-order valence-corrected chi connectivity index (χ2v) is 6.67. The van der Waals surface area contributed by atoms with E-state index in [4.69, 9.17) is 21.1 Å². The third-order valence-electron chi connectivity index (χ3n) is 4.07. The number of carbonyl (C=O) groups is 1. The normalized spacial score (nSPS) is 14.1. The predicted molar refractivity (Wildman–Crippen MR) is 99.4 cm³/mol. The van der Waals surface area contributed by atoms with E-state index >= 15 is 0 Å². The monoisotopic (exact) mass is 430 g/mol. The van der Waals surface area contributed by atoms with Crippen LogP contribution in [0, 0.1) is 0 Å². The number of nitrogens with one attached hydrogen (secondary N) is 2. The molecule has 156 valence electrons. The molecule has 0 aromatic heterocycles. The number of hydrogen-bond acceptors (Lipinski definition) is 4. The summed E-state index contributed by atoms with van der Waals surface area (Å²) in [5, 5.41) is 5.80. The van der Waals surface area contributed by atoms with Crippen molar-refractivity contribution in [2.75, 3.05) is 13.2 Å². The second-order valence-electron chi connectivity index (χ2n) is 6.27. The Morgan fingerprint density at radius 1 is 1.21 bits per heavy atom. The molecular weight excluding hydrogens is 413 g/mol. The largest absolute Gasteiger partial charge is 0.573 e. The van der Waals surface area contributed by atoms with Crippen molar-refractivity contribution in [2.45, 2.75) is 25.9 Å². The van der Waals surface area contributed by atoms with Crippen LogP contribution in [0.3, 0.4) is 0 Å². The Bertz CT molecular complexity index is 875. The van der Waals surface area contributed by atoms with Gasteiger partial charge in [0.1, 0.15) is 19.0 Å². The number of benzene rings is 2. The first-order valence-corrected chi connectivity index (χ1v) is 9.07. The van der Waals surface area contributed by atoms with E-state index in [9.17, 15) is 18.0 Å². The van der Waals surface area contributed by atoms with Gasteiger partial charge in [-0.15, -0.1) is 13.2 Å². The lowest BCUT2D eigenvalue weighted by molar-refractivity contribution is -0.274. The van der Waals surface area contributed by atoms with E-state index in [1.807, 2.05) is 0 Å². The summed E-state index contributed by atoms with van der Waals surface area (Å²) in [5.74, 6) is 0.682. The Kier molecular flexibility index (Phi) is 6.26. The molecule has 1 aliphatic heterocycles. The van der Waals surface area contributed by atoms with Gasteiger partial charge < -0.3 is 24.8 Å². The van der Waals surface area contributed by atoms with Crippen LogP contribution in [0.15, 0.2) is 36.4 Å². The maximum absolute atomic E-state index is 12.2. The van der Waals surface area contributed by atoms with Crippen molar-refractivity contribution in [1.29, 1.82) is 0 Å². The summed E-state index contributed by atoms with van der Waals surface area (Å²) in [6.45, 7) is 2.76. The minimum absolute atomic E-state index is 0.202. The van der Waals surface area contributed by atoms with Crippen molar-refractivity contribution >= 4 is 17.6 Å². The molecule has 0 aliphatic carbocycles. The zero-order valence-corrected chi connectivity index (χ0v) is 16.1. The van der Waals surface area contributed by atoms with E-state index < -0.39 is 18.4 Å². The predicted octanol–water partition coefficient (Wildman–Crippen LogP) is 4.57. The van der Waals surface area contributed by atoms with Crippen LogP contribution in [0.4, 0.5) is 18.0 Å². The zero-order chi connectivity index (χ0) is 21.0. The van der Waals surface area contributed by atoms with Gasteiger partial charge in [0.25, 0.3) is 0 Å². The molecule has 10 heteroatoms. The van der Waals surface area contributed by atoms with Crippen LogP contribution >= 0.6 is 11.6 Å². The smallest absolute Gasteiger partial charge is 0.486 e. The van der Waals surface area contributed by atoms with E-state index in [0.717, 1.165) is 5.56 Å². The Balaban J connectivity index is 1.53. The molecular formula is C19H18ClF3N2O4. The number of ether oxygens (including phenoxy) is 3. The van der Waals surface area contributed by atoms with Gasteiger partial charge in [0.05, 0.1) is 11.1 Å². The number of alkyl halides is 3. The number of carbonyl (C=O) groups excluding carboxylic acids is 1. The lowest BCUT2D eigenvalue weighted by Gasteiger charge is -2.20. The lowest BCUT2D eigenvalue weighted by Crippen LogP contribution is -2.36. The SMILES string of the molecule is CC(NC(=O)NCc1cc(Cl)c2c(c1)OCCO2)c1ccc(OC(F)(F)F)cc1. The average molecular weight is 431 g/mol. The maximum atomic E-state index is 12.2. The first-order valence-electron chi connectivity index (χ1n) is 8.69. The highest BCUT2D eigenvalue weighted by atomic mass is 35.5. The molecule has 0 fully saturated rings. The van der Waals surface area contributed by atoms with Gasteiger partial charge in [0, 0.05) is 6.54 Å². The fraction of sp³-hybridized carbons (Fsp3) is 0.316. The highest BCUT2D eigenvalue weighted by molar-refractivity contribution is 6.32. The maximum Gasteiger partial charge on any atom is 0.573 e. The number of fused-ring (bicyclic) bond motifs is 1. The van der Waals surface area contributed by atoms with E-state index in [2.05, 4.69) is 15.4 Å². The van der Waals surface area contributed by atoms with Gasteiger partial charge in [-0.2, -0.15) is 0 Å². The lowest BCUT2D eigenvalue weighted by atomic mass is 10.1. The average Bonchev–Trinajstić information content (AvgIpc) is 2.66. The summed E-state index contributed by atoms with van der Waals surface area (Å²) >= 11 is 6.17. The molecule has 1 aliphatic rings. The first kappa shape index (κ1) is 20.9. The van der Waals surface area contributed by atoms with Crippen LogP contribution in [-0.4, -0.2) is 25.6 Å². The molecule has 2 amide bonds. The zero-order valence-electron chi connectivity index (χ0n) is 15.3. The minimum atomic E-state index is -4.75. The van der Waals surface area contributed by atoms with Crippen molar-refractivity contribution < 1.29 is 32.2 Å². The number of halogens is 4. The van der Waals surface area contributed by atoms with Crippen LogP contribution < -0.4 is 24.8 Å². The van der Waals surface area contributed by atoms with Gasteiger partial charge >= 0.3 is 12.4 Å². The second kappa shape index (κ2) is 8.69. The summed E-state index contributed by atoms with van der Waals surface area (Å²) in [7, 11) is 0. The summed E-state index contributed by atoms with van der Waals surface area (Å²) in [5.41, 5.74) is 1.35. The van der Waals surface area contributed by atoms with E-state index in [-0.39, 0.29) is 12.3 Å². The van der Waals surface area contributed by atoms with Gasteiger partial charge in [-0.05, 0) is 42.3 Å². The van der Waals surface area contributed by atoms with E-state index in [1.165, 1.54) is 24.3 Å². The van der Waals surface area contributed by atoms with Crippen LogP contribution in [-0.2, 0) is 6.54 Å². The summed E-state index contributed by atoms with van der Waals surface area (Å²) < 4.78 is 51.4. The fourth-order valence-electron chi connectivity index (χ4n) is 2.74. The van der Waals surface area contributed by atoms with Crippen LogP contribution in [0.1, 0.15) is 24.1 Å². The van der Waals surface area contributed by atoms with Gasteiger partial charge in [-0.25, -0.2) is 4.79 Å². The number of hydrogen-bond donors (Lipinski definition) is 2. The molecule has 6 nitrogen and oxygen atoms in total. The van der Waals surface area contributed by atoms with Crippen molar-refractivity contribution in [3.63, 3.8) is 0 Å². The Morgan fingerprint density at radius 2 is 1.90 bits per heavy atom. The highest BCUT2D eigenvalue weighted by Gasteiger charge is 2.31. The molecule has 1 heterocycles. The molecule has 0 bridgehead atoms. The van der Waals surface area contributed by atoms with E-state index in [0.29, 0.717) is 35.3 Å². The van der Waals surface area contributed by atoms with Gasteiger partial charge in [0.15, 0.2) is 11.5 Å². The number of urea groups is 1. The molecule has 3 rings (SSSR count). The number of rotatable bonds is 5. The summed E-state index contributed by atoms with van der Waals surface area (Å²) in [6.07, 6.45) is -4.75. The topological polar surface area (TPSA) is 68.8 Å². The highest BCUT2D eigenvalue weighted by Crippen LogP contribution is 2.38. The molecule has 2 aromatic carbocycles. The molecule has 0 saturated heterocycles. The molecule has 0 saturated carbocycles. The van der Waals surface area contributed by atoms with E-state index in [1.54, 1.807) is 19.1 Å².